The largest absolute Gasteiger partial charge is 0.465 e. The minimum Gasteiger partial charge on any atom is -0.465 e. The van der Waals surface area contributed by atoms with Gasteiger partial charge in [-0.2, -0.15) is 5.26 Å². The van der Waals surface area contributed by atoms with Gasteiger partial charge >= 0.3 is 6.09 Å². The summed E-state index contributed by atoms with van der Waals surface area (Å²) in [6.07, 6.45) is -1.61. The molecular weight excluding hydrogens is 370 g/mol. The number of hydrogen-bond acceptors (Lipinski definition) is 4. The molecule has 1 aromatic rings. The average Bonchev–Trinajstić information content (AvgIpc) is 2.95. The maximum absolute atomic E-state index is 13.6. The van der Waals surface area contributed by atoms with Gasteiger partial charge in [-0.15, -0.1) is 0 Å². The van der Waals surface area contributed by atoms with Crippen LogP contribution in [0.25, 0.3) is 0 Å². The molecule has 0 radical (unpaired) electrons. The molecule has 148 valence electrons. The van der Waals surface area contributed by atoms with Crippen molar-refractivity contribution in [1.29, 1.82) is 5.26 Å². The van der Waals surface area contributed by atoms with E-state index in [1.807, 2.05) is 30.3 Å². The molecular formula is C19H20F2N4O3. The van der Waals surface area contributed by atoms with Gasteiger partial charge in [0.1, 0.15) is 6.04 Å². The Hall–Kier alpha value is -2.73. The lowest BCUT2D eigenvalue weighted by atomic mass is 9.94. The van der Waals surface area contributed by atoms with E-state index in [-0.39, 0.29) is 18.5 Å². The maximum atomic E-state index is 13.6. The van der Waals surface area contributed by atoms with Crippen LogP contribution < -0.4 is 5.32 Å². The average molecular weight is 390 g/mol. The molecule has 3 fully saturated rings. The number of piperidine rings is 1. The summed E-state index contributed by atoms with van der Waals surface area (Å²) in [6, 6.07) is 10.1. The first kappa shape index (κ1) is 18.6. The molecule has 3 unspecified atom stereocenters. The van der Waals surface area contributed by atoms with Gasteiger partial charge in [-0.3, -0.25) is 4.79 Å². The van der Waals surface area contributed by atoms with Crippen molar-refractivity contribution in [2.24, 2.45) is 5.92 Å². The van der Waals surface area contributed by atoms with Crippen LogP contribution in [0.5, 0.6) is 0 Å². The van der Waals surface area contributed by atoms with E-state index in [0.717, 1.165) is 10.5 Å². The van der Waals surface area contributed by atoms with Crippen molar-refractivity contribution < 1.29 is 23.5 Å². The number of nitriles is 1. The van der Waals surface area contributed by atoms with Crippen LogP contribution in [-0.4, -0.2) is 71.1 Å². The molecule has 1 aliphatic carbocycles. The highest BCUT2D eigenvalue weighted by atomic mass is 19.3. The number of fused-ring (bicyclic) bond motifs is 1. The van der Waals surface area contributed by atoms with Crippen molar-refractivity contribution >= 4 is 12.0 Å². The highest BCUT2D eigenvalue weighted by molar-refractivity contribution is 5.79. The monoisotopic (exact) mass is 390 g/mol. The van der Waals surface area contributed by atoms with Crippen molar-refractivity contribution in [2.75, 3.05) is 26.2 Å². The molecule has 2 amide bonds. The first-order valence-electron chi connectivity index (χ1n) is 9.12. The number of rotatable bonds is 4. The minimum atomic E-state index is -3.04. The van der Waals surface area contributed by atoms with E-state index in [0.29, 0.717) is 13.1 Å². The smallest absolute Gasteiger partial charge is 0.407 e. The van der Waals surface area contributed by atoms with Crippen LogP contribution >= 0.6 is 0 Å². The lowest BCUT2D eigenvalue weighted by molar-refractivity contribution is -0.131. The molecule has 1 saturated carbocycles. The molecule has 2 N–H and O–H groups in total. The van der Waals surface area contributed by atoms with Crippen LogP contribution in [0.4, 0.5) is 13.6 Å². The molecule has 1 aromatic carbocycles. The quantitative estimate of drug-likeness (QED) is 0.807. The summed E-state index contributed by atoms with van der Waals surface area (Å²) in [4.78, 5) is 26.1. The molecule has 0 spiro atoms. The third kappa shape index (κ3) is 2.88. The first-order chi connectivity index (χ1) is 13.3. The summed E-state index contributed by atoms with van der Waals surface area (Å²) in [5.74, 6) is -3.56. The van der Waals surface area contributed by atoms with Gasteiger partial charge in [-0.25, -0.2) is 13.6 Å². The minimum absolute atomic E-state index is 0.0191. The zero-order valence-corrected chi connectivity index (χ0v) is 15.0. The number of carbonyl (C=O) groups is 2. The predicted octanol–water partition coefficient (Wildman–Crippen LogP) is 1.27. The van der Waals surface area contributed by atoms with E-state index in [2.05, 4.69) is 5.32 Å². The van der Waals surface area contributed by atoms with Crippen LogP contribution in [0.15, 0.2) is 30.3 Å². The second-order valence-corrected chi connectivity index (χ2v) is 7.76. The van der Waals surface area contributed by atoms with Gasteiger partial charge in [0, 0.05) is 36.9 Å². The van der Waals surface area contributed by atoms with Crippen molar-refractivity contribution in [3.63, 3.8) is 0 Å². The van der Waals surface area contributed by atoms with Gasteiger partial charge in [-0.05, 0) is 5.56 Å². The third-order valence-corrected chi connectivity index (χ3v) is 6.17. The highest BCUT2D eigenvalue weighted by Gasteiger charge is 2.70. The Morgan fingerprint density at radius 3 is 2.64 bits per heavy atom. The zero-order valence-electron chi connectivity index (χ0n) is 15.0. The van der Waals surface area contributed by atoms with Gasteiger partial charge in [0.2, 0.25) is 5.91 Å². The third-order valence-electron chi connectivity index (χ3n) is 6.17. The van der Waals surface area contributed by atoms with Crippen LogP contribution in [0.2, 0.25) is 0 Å². The highest BCUT2D eigenvalue weighted by Crippen LogP contribution is 2.59. The molecule has 0 aromatic heterocycles. The molecule has 4 atom stereocenters. The zero-order chi connectivity index (χ0) is 20.1. The number of amides is 2. The van der Waals surface area contributed by atoms with E-state index in [1.165, 1.54) is 4.90 Å². The summed E-state index contributed by atoms with van der Waals surface area (Å²) < 4.78 is 27.1. The fraction of sp³-hybridized carbons (Fsp3) is 0.526. The van der Waals surface area contributed by atoms with Crippen molar-refractivity contribution in [3.05, 3.63) is 35.9 Å². The summed E-state index contributed by atoms with van der Waals surface area (Å²) >= 11 is 0. The number of likely N-dealkylation sites (tertiary alicyclic amines) is 2. The van der Waals surface area contributed by atoms with Crippen LogP contribution in [0, 0.1) is 17.2 Å². The maximum Gasteiger partial charge on any atom is 0.407 e. The number of halogens is 2. The Kier molecular flexibility index (Phi) is 4.27. The molecule has 2 saturated heterocycles. The number of carbonyl (C=O) groups excluding carboxylic acids is 1. The summed E-state index contributed by atoms with van der Waals surface area (Å²) in [7, 11) is 0. The second kappa shape index (κ2) is 6.41. The SMILES string of the molecule is N#C[C@@H]1CC(F)(F)CN1C(=O)CNC1C2CN(C(=O)O)CC21c1ccccc1. The number of nitrogens with zero attached hydrogens (tertiary/aromatic N) is 3. The van der Waals surface area contributed by atoms with E-state index >= 15 is 0 Å². The van der Waals surface area contributed by atoms with Crippen molar-refractivity contribution in [1.82, 2.24) is 15.1 Å². The Bertz CT molecular complexity index is 843. The van der Waals surface area contributed by atoms with Crippen molar-refractivity contribution in [2.45, 2.75) is 29.8 Å². The molecule has 28 heavy (non-hydrogen) atoms. The number of carboxylic acid groups (broad SMARTS) is 1. The van der Waals surface area contributed by atoms with Crippen LogP contribution in [0.3, 0.4) is 0 Å². The molecule has 2 heterocycles. The lowest BCUT2D eigenvalue weighted by Gasteiger charge is -2.24. The van der Waals surface area contributed by atoms with Gasteiger partial charge in [0.15, 0.2) is 0 Å². The Morgan fingerprint density at radius 1 is 1.29 bits per heavy atom. The topological polar surface area (TPSA) is 96.7 Å². The van der Waals surface area contributed by atoms with Gasteiger partial charge < -0.3 is 20.2 Å². The predicted molar refractivity (Wildman–Crippen MR) is 93.7 cm³/mol. The molecule has 0 bridgehead atoms. The van der Waals surface area contributed by atoms with Gasteiger partial charge in [0.05, 0.1) is 19.2 Å². The molecule has 4 rings (SSSR count). The molecule has 9 heteroatoms. The summed E-state index contributed by atoms with van der Waals surface area (Å²) in [5, 5.41) is 21.5. The second-order valence-electron chi connectivity index (χ2n) is 7.76. The molecule has 3 aliphatic rings. The van der Waals surface area contributed by atoms with Gasteiger partial charge in [0.25, 0.3) is 5.92 Å². The number of hydrogen-bond donors (Lipinski definition) is 2. The number of alkyl halides is 2. The Labute approximate surface area is 160 Å². The first-order valence-corrected chi connectivity index (χ1v) is 9.12. The number of benzene rings is 1. The van der Waals surface area contributed by atoms with Crippen LogP contribution in [0.1, 0.15) is 12.0 Å². The Balaban J connectivity index is 1.45. The van der Waals surface area contributed by atoms with Gasteiger partial charge in [-0.1, -0.05) is 30.3 Å². The summed E-state index contributed by atoms with van der Waals surface area (Å²) in [6.45, 7) is -0.211. The molecule has 7 nitrogen and oxygen atoms in total. The summed E-state index contributed by atoms with van der Waals surface area (Å²) in [5.41, 5.74) is 0.583. The molecule has 2 aliphatic heterocycles. The van der Waals surface area contributed by atoms with Crippen molar-refractivity contribution in [3.8, 4) is 6.07 Å². The van der Waals surface area contributed by atoms with E-state index in [9.17, 15) is 23.5 Å². The normalized spacial score (nSPS) is 32.7. The van der Waals surface area contributed by atoms with E-state index < -0.39 is 42.3 Å². The fourth-order valence-electron chi connectivity index (χ4n) is 4.82. The van der Waals surface area contributed by atoms with Crippen LogP contribution in [-0.2, 0) is 10.2 Å². The number of nitrogens with one attached hydrogen (secondary N) is 1. The fourth-order valence-corrected chi connectivity index (χ4v) is 4.82. The Morgan fingerprint density at radius 2 is 2.00 bits per heavy atom. The lowest BCUT2D eigenvalue weighted by Crippen LogP contribution is -2.45. The van der Waals surface area contributed by atoms with E-state index in [1.54, 1.807) is 6.07 Å². The standard InChI is InChI=1S/C19H20F2N4O3/c20-18(21)6-13(7-22)25(10-18)15(26)8-23-16-14-9-24(17(27)28)11-19(14,16)12-4-2-1-3-5-12/h1-5,13-14,16,23H,6,8-11H2,(H,27,28)/t13-,14?,16?,19?/m0/s1. The van der Waals surface area contributed by atoms with E-state index in [4.69, 9.17) is 5.26 Å².